The average Bonchev–Trinajstić information content (AvgIpc) is 2.16. The molecule has 2 unspecified atom stereocenters. The first-order valence-electron chi connectivity index (χ1n) is 6.21. The van der Waals surface area contributed by atoms with Gasteiger partial charge in [0.1, 0.15) is 0 Å². The first-order valence-corrected chi connectivity index (χ1v) is 6.21. The Morgan fingerprint density at radius 1 is 1.27 bits per heavy atom. The second-order valence-electron chi connectivity index (χ2n) is 5.59. The lowest BCUT2D eigenvalue weighted by Gasteiger charge is -2.37. The maximum absolute atomic E-state index is 3.31. The standard InChI is InChI=1S/C13H30N2/c1-8-13(5,9-14-6)10-15(7)12(4)11(2)3/h11-12,14H,8-10H2,1-7H3. The van der Waals surface area contributed by atoms with Gasteiger partial charge in [-0.3, -0.25) is 0 Å². The first kappa shape index (κ1) is 14.9. The highest BCUT2D eigenvalue weighted by Crippen LogP contribution is 2.23. The van der Waals surface area contributed by atoms with E-state index >= 15 is 0 Å². The number of rotatable bonds is 7. The highest BCUT2D eigenvalue weighted by Gasteiger charge is 2.25. The van der Waals surface area contributed by atoms with E-state index in [1.54, 1.807) is 0 Å². The van der Waals surface area contributed by atoms with Crippen LogP contribution >= 0.6 is 0 Å². The van der Waals surface area contributed by atoms with Crippen LogP contribution in [-0.4, -0.2) is 38.1 Å². The highest BCUT2D eigenvalue weighted by molar-refractivity contribution is 4.80. The molecule has 0 fully saturated rings. The van der Waals surface area contributed by atoms with Crippen molar-refractivity contribution in [2.75, 3.05) is 27.2 Å². The van der Waals surface area contributed by atoms with Crippen LogP contribution in [0.5, 0.6) is 0 Å². The normalized spacial score (nSPS) is 18.2. The summed E-state index contributed by atoms with van der Waals surface area (Å²) in [5.74, 6) is 0.727. The predicted octanol–water partition coefficient (Wildman–Crippen LogP) is 2.60. The molecule has 0 saturated heterocycles. The van der Waals surface area contributed by atoms with E-state index in [2.05, 4.69) is 51.9 Å². The molecular weight excluding hydrogens is 184 g/mol. The van der Waals surface area contributed by atoms with Gasteiger partial charge in [-0.15, -0.1) is 0 Å². The van der Waals surface area contributed by atoms with Crippen molar-refractivity contribution >= 4 is 0 Å². The predicted molar refractivity (Wildman–Crippen MR) is 69.3 cm³/mol. The number of hydrogen-bond acceptors (Lipinski definition) is 2. The molecule has 92 valence electrons. The molecule has 0 aromatic carbocycles. The minimum absolute atomic E-state index is 0.395. The fourth-order valence-electron chi connectivity index (χ4n) is 1.97. The highest BCUT2D eigenvalue weighted by atomic mass is 15.1. The van der Waals surface area contributed by atoms with E-state index in [0.717, 1.165) is 12.5 Å². The fraction of sp³-hybridized carbons (Fsp3) is 1.00. The Balaban J connectivity index is 4.28. The zero-order chi connectivity index (χ0) is 12.1. The molecule has 15 heavy (non-hydrogen) atoms. The van der Waals surface area contributed by atoms with Gasteiger partial charge >= 0.3 is 0 Å². The number of nitrogens with zero attached hydrogens (tertiary/aromatic N) is 1. The second-order valence-corrected chi connectivity index (χ2v) is 5.59. The third-order valence-corrected chi connectivity index (χ3v) is 3.75. The van der Waals surface area contributed by atoms with Gasteiger partial charge in [0.2, 0.25) is 0 Å². The summed E-state index contributed by atoms with van der Waals surface area (Å²) < 4.78 is 0. The van der Waals surface area contributed by atoms with Gasteiger partial charge in [0, 0.05) is 19.1 Å². The lowest BCUT2D eigenvalue weighted by atomic mass is 9.86. The number of hydrogen-bond donors (Lipinski definition) is 1. The maximum atomic E-state index is 3.31. The topological polar surface area (TPSA) is 15.3 Å². The zero-order valence-electron chi connectivity index (χ0n) is 11.7. The molecule has 0 heterocycles. The van der Waals surface area contributed by atoms with Crippen molar-refractivity contribution in [2.45, 2.75) is 47.1 Å². The molecule has 0 aliphatic heterocycles. The van der Waals surface area contributed by atoms with Gasteiger partial charge < -0.3 is 10.2 Å². The van der Waals surface area contributed by atoms with E-state index in [4.69, 9.17) is 0 Å². The smallest absolute Gasteiger partial charge is 0.00871 e. The van der Waals surface area contributed by atoms with Crippen molar-refractivity contribution in [2.24, 2.45) is 11.3 Å². The SMILES string of the molecule is CCC(C)(CNC)CN(C)C(C)C(C)C. The third-order valence-electron chi connectivity index (χ3n) is 3.75. The molecule has 1 N–H and O–H groups in total. The quantitative estimate of drug-likeness (QED) is 0.701. The largest absolute Gasteiger partial charge is 0.319 e. The Labute approximate surface area is 96.4 Å². The Bertz CT molecular complexity index is 168. The minimum atomic E-state index is 0.395. The molecule has 0 aromatic rings. The van der Waals surface area contributed by atoms with E-state index in [-0.39, 0.29) is 0 Å². The van der Waals surface area contributed by atoms with E-state index in [0.29, 0.717) is 11.5 Å². The molecule has 0 rings (SSSR count). The summed E-state index contributed by atoms with van der Waals surface area (Å²) in [5, 5.41) is 3.31. The van der Waals surface area contributed by atoms with Crippen LogP contribution in [0.2, 0.25) is 0 Å². The lowest BCUT2D eigenvalue weighted by Crippen LogP contribution is -2.44. The van der Waals surface area contributed by atoms with Crippen LogP contribution in [0.1, 0.15) is 41.0 Å². The van der Waals surface area contributed by atoms with Gasteiger partial charge in [-0.1, -0.05) is 27.7 Å². The van der Waals surface area contributed by atoms with E-state index in [1.807, 2.05) is 7.05 Å². The van der Waals surface area contributed by atoms with Crippen LogP contribution in [0.15, 0.2) is 0 Å². The van der Waals surface area contributed by atoms with Gasteiger partial charge in [-0.25, -0.2) is 0 Å². The van der Waals surface area contributed by atoms with Crippen LogP contribution in [0, 0.1) is 11.3 Å². The Morgan fingerprint density at radius 3 is 2.13 bits per heavy atom. The van der Waals surface area contributed by atoms with Crippen molar-refractivity contribution in [3.05, 3.63) is 0 Å². The summed E-state index contributed by atoms with van der Waals surface area (Å²) in [5.41, 5.74) is 0.395. The van der Waals surface area contributed by atoms with Gasteiger partial charge in [0.05, 0.1) is 0 Å². The van der Waals surface area contributed by atoms with Gasteiger partial charge in [-0.05, 0) is 38.8 Å². The summed E-state index contributed by atoms with van der Waals surface area (Å²) in [6.07, 6.45) is 1.23. The average molecular weight is 214 g/mol. The second kappa shape index (κ2) is 6.49. The molecule has 2 heteroatoms. The monoisotopic (exact) mass is 214 g/mol. The van der Waals surface area contributed by atoms with Crippen molar-refractivity contribution < 1.29 is 0 Å². The van der Waals surface area contributed by atoms with Gasteiger partial charge in [-0.2, -0.15) is 0 Å². The van der Waals surface area contributed by atoms with E-state index < -0.39 is 0 Å². The van der Waals surface area contributed by atoms with Gasteiger partial charge in [0.15, 0.2) is 0 Å². The van der Waals surface area contributed by atoms with Crippen molar-refractivity contribution in [3.63, 3.8) is 0 Å². The molecule has 2 nitrogen and oxygen atoms in total. The van der Waals surface area contributed by atoms with Crippen LogP contribution in [0.4, 0.5) is 0 Å². The zero-order valence-corrected chi connectivity index (χ0v) is 11.7. The van der Waals surface area contributed by atoms with Crippen LogP contribution in [-0.2, 0) is 0 Å². The molecule has 0 aliphatic carbocycles. The maximum Gasteiger partial charge on any atom is 0.00871 e. The molecule has 0 radical (unpaired) electrons. The Hall–Kier alpha value is -0.0800. The first-order chi connectivity index (χ1) is 6.86. The number of nitrogens with one attached hydrogen (secondary N) is 1. The molecule has 0 saturated carbocycles. The van der Waals surface area contributed by atoms with Crippen LogP contribution < -0.4 is 5.32 Å². The Kier molecular flexibility index (Phi) is 6.46. The molecule has 0 bridgehead atoms. The third kappa shape index (κ3) is 4.98. The molecule has 0 spiro atoms. The van der Waals surface area contributed by atoms with Crippen molar-refractivity contribution in [3.8, 4) is 0 Å². The molecule has 0 aromatic heterocycles. The summed E-state index contributed by atoms with van der Waals surface area (Å²) in [6, 6.07) is 0.660. The summed E-state index contributed by atoms with van der Waals surface area (Å²) in [7, 11) is 4.29. The van der Waals surface area contributed by atoms with Crippen LogP contribution in [0.25, 0.3) is 0 Å². The van der Waals surface area contributed by atoms with E-state index in [1.165, 1.54) is 13.0 Å². The Morgan fingerprint density at radius 2 is 1.80 bits per heavy atom. The molecule has 2 atom stereocenters. The summed E-state index contributed by atoms with van der Waals surface area (Å²) in [4.78, 5) is 2.49. The van der Waals surface area contributed by atoms with Crippen molar-refractivity contribution in [1.82, 2.24) is 10.2 Å². The van der Waals surface area contributed by atoms with Crippen molar-refractivity contribution in [1.29, 1.82) is 0 Å². The lowest BCUT2D eigenvalue weighted by molar-refractivity contribution is 0.126. The summed E-state index contributed by atoms with van der Waals surface area (Å²) >= 11 is 0. The summed E-state index contributed by atoms with van der Waals surface area (Å²) in [6.45, 7) is 13.8. The molecular formula is C13H30N2. The molecule has 0 aliphatic rings. The van der Waals surface area contributed by atoms with Crippen LogP contribution in [0.3, 0.4) is 0 Å². The molecule has 0 amide bonds. The van der Waals surface area contributed by atoms with Gasteiger partial charge in [0.25, 0.3) is 0 Å². The fourth-order valence-corrected chi connectivity index (χ4v) is 1.97. The van der Waals surface area contributed by atoms with E-state index in [9.17, 15) is 0 Å². The minimum Gasteiger partial charge on any atom is -0.319 e.